The molecule has 2 N–H and O–H groups in total. The summed E-state index contributed by atoms with van der Waals surface area (Å²) in [4.78, 5) is 13.5. The van der Waals surface area contributed by atoms with Crippen LogP contribution in [0.1, 0.15) is 38.5 Å². The summed E-state index contributed by atoms with van der Waals surface area (Å²) in [6.45, 7) is 1.65. The van der Waals surface area contributed by atoms with Gasteiger partial charge in [0.25, 0.3) is 0 Å². The molecule has 1 fully saturated rings. The van der Waals surface area contributed by atoms with Gasteiger partial charge in [-0.3, -0.25) is 9.69 Å². The summed E-state index contributed by atoms with van der Waals surface area (Å²) in [5.74, 6) is 0.0822. The second kappa shape index (κ2) is 7.63. The molecule has 16 heavy (non-hydrogen) atoms. The number of carbonyl (C=O) groups is 1. The first kappa shape index (κ1) is 13.5. The highest BCUT2D eigenvalue weighted by atomic mass is 16.3. The van der Waals surface area contributed by atoms with Gasteiger partial charge in [-0.05, 0) is 12.8 Å². The molecule has 0 aliphatic heterocycles. The highest BCUT2D eigenvalue weighted by Crippen LogP contribution is 2.22. The average molecular weight is 228 g/mol. The molecule has 1 aliphatic rings. The quantitative estimate of drug-likeness (QED) is 0.705. The number of hydrogen-bond acceptors (Lipinski definition) is 3. The van der Waals surface area contributed by atoms with E-state index in [-0.39, 0.29) is 12.5 Å². The van der Waals surface area contributed by atoms with Gasteiger partial charge >= 0.3 is 0 Å². The first-order valence-corrected chi connectivity index (χ1v) is 6.33. The molecular weight excluding hydrogens is 204 g/mol. The van der Waals surface area contributed by atoms with Gasteiger partial charge in [-0.2, -0.15) is 0 Å². The fraction of sp³-hybridized carbons (Fsp3) is 0.917. The topological polar surface area (TPSA) is 52.6 Å². The van der Waals surface area contributed by atoms with Gasteiger partial charge in [0.15, 0.2) is 0 Å². The largest absolute Gasteiger partial charge is 0.395 e. The number of nitrogens with one attached hydrogen (secondary N) is 1. The number of aliphatic hydroxyl groups excluding tert-OH is 1. The van der Waals surface area contributed by atoms with Crippen LogP contribution in [0.4, 0.5) is 0 Å². The summed E-state index contributed by atoms with van der Waals surface area (Å²) in [6.07, 6.45) is 6.87. The van der Waals surface area contributed by atoms with Crippen LogP contribution in [0.2, 0.25) is 0 Å². The van der Waals surface area contributed by atoms with Gasteiger partial charge in [-0.25, -0.2) is 0 Å². The first-order chi connectivity index (χ1) is 7.77. The number of rotatable bonds is 6. The predicted octanol–water partition coefficient (Wildman–Crippen LogP) is 0.749. The molecule has 4 nitrogen and oxygen atoms in total. The van der Waals surface area contributed by atoms with Crippen LogP contribution in [-0.2, 0) is 4.79 Å². The highest BCUT2D eigenvalue weighted by Gasteiger charge is 2.20. The molecule has 0 atom stereocenters. The highest BCUT2D eigenvalue weighted by molar-refractivity contribution is 5.75. The Bertz CT molecular complexity index is 203. The molecule has 1 amide bonds. The van der Waals surface area contributed by atoms with E-state index in [0.29, 0.717) is 19.0 Å². The van der Waals surface area contributed by atoms with Crippen molar-refractivity contribution in [3.05, 3.63) is 0 Å². The Morgan fingerprint density at radius 2 is 2.00 bits per heavy atom. The third-order valence-electron chi connectivity index (χ3n) is 3.38. The standard InChI is InChI=1S/C12H24N2O2/c1-13-12(16)7-8-14(9-10-15)11-5-3-2-4-6-11/h11,15H,2-10H2,1H3,(H,13,16). The van der Waals surface area contributed by atoms with Crippen molar-refractivity contribution in [2.45, 2.75) is 44.6 Å². The van der Waals surface area contributed by atoms with E-state index in [0.717, 1.165) is 6.54 Å². The fourth-order valence-electron chi connectivity index (χ4n) is 2.42. The SMILES string of the molecule is CNC(=O)CCN(CCO)C1CCCCC1. The molecule has 0 heterocycles. The zero-order chi connectivity index (χ0) is 11.8. The molecule has 0 bridgehead atoms. The Morgan fingerprint density at radius 3 is 2.56 bits per heavy atom. The number of aliphatic hydroxyl groups is 1. The first-order valence-electron chi connectivity index (χ1n) is 6.33. The zero-order valence-electron chi connectivity index (χ0n) is 10.2. The summed E-state index contributed by atoms with van der Waals surface area (Å²) in [5, 5.41) is 11.7. The van der Waals surface area contributed by atoms with Gasteiger partial charge in [0.05, 0.1) is 6.61 Å². The summed E-state index contributed by atoms with van der Waals surface area (Å²) in [7, 11) is 1.67. The van der Waals surface area contributed by atoms with E-state index in [1.807, 2.05) is 0 Å². The smallest absolute Gasteiger partial charge is 0.221 e. The molecule has 0 aromatic rings. The summed E-state index contributed by atoms with van der Waals surface area (Å²) >= 11 is 0. The lowest BCUT2D eigenvalue weighted by Crippen LogP contribution is -2.40. The molecule has 94 valence electrons. The van der Waals surface area contributed by atoms with E-state index < -0.39 is 0 Å². The van der Waals surface area contributed by atoms with Crippen molar-refractivity contribution in [3.8, 4) is 0 Å². The Balaban J connectivity index is 2.35. The second-order valence-corrected chi connectivity index (χ2v) is 4.47. The van der Waals surface area contributed by atoms with E-state index in [9.17, 15) is 4.79 Å². The number of amides is 1. The summed E-state index contributed by atoms with van der Waals surface area (Å²) in [5.41, 5.74) is 0. The van der Waals surface area contributed by atoms with Gasteiger partial charge in [-0.1, -0.05) is 19.3 Å². The third-order valence-corrected chi connectivity index (χ3v) is 3.38. The van der Waals surface area contributed by atoms with E-state index in [1.54, 1.807) is 7.05 Å². The monoisotopic (exact) mass is 228 g/mol. The average Bonchev–Trinajstić information content (AvgIpc) is 2.35. The van der Waals surface area contributed by atoms with Crippen LogP contribution in [0, 0.1) is 0 Å². The molecule has 0 spiro atoms. The molecule has 1 saturated carbocycles. The van der Waals surface area contributed by atoms with Gasteiger partial charge < -0.3 is 10.4 Å². The maximum absolute atomic E-state index is 11.2. The van der Waals surface area contributed by atoms with Crippen molar-refractivity contribution >= 4 is 5.91 Å². The molecule has 0 saturated heterocycles. The minimum atomic E-state index is 0.0822. The Kier molecular flexibility index (Phi) is 6.42. The number of nitrogens with zero attached hydrogens (tertiary/aromatic N) is 1. The van der Waals surface area contributed by atoms with E-state index in [1.165, 1.54) is 32.1 Å². The van der Waals surface area contributed by atoms with Crippen molar-refractivity contribution < 1.29 is 9.90 Å². The normalized spacial score (nSPS) is 17.7. The van der Waals surface area contributed by atoms with Crippen molar-refractivity contribution in [1.82, 2.24) is 10.2 Å². The molecule has 0 aromatic heterocycles. The van der Waals surface area contributed by atoms with E-state index in [4.69, 9.17) is 5.11 Å². The molecule has 1 rings (SSSR count). The van der Waals surface area contributed by atoms with Crippen LogP contribution in [0.15, 0.2) is 0 Å². The molecule has 4 heteroatoms. The van der Waals surface area contributed by atoms with Crippen molar-refractivity contribution in [2.75, 3.05) is 26.7 Å². The molecule has 0 radical (unpaired) electrons. The van der Waals surface area contributed by atoms with Crippen molar-refractivity contribution in [3.63, 3.8) is 0 Å². The maximum Gasteiger partial charge on any atom is 0.221 e. The molecule has 0 unspecified atom stereocenters. The van der Waals surface area contributed by atoms with E-state index in [2.05, 4.69) is 10.2 Å². The summed E-state index contributed by atoms with van der Waals surface area (Å²) < 4.78 is 0. The van der Waals surface area contributed by atoms with Crippen LogP contribution in [0.25, 0.3) is 0 Å². The van der Waals surface area contributed by atoms with Crippen molar-refractivity contribution in [1.29, 1.82) is 0 Å². The molecular formula is C12H24N2O2. The minimum absolute atomic E-state index is 0.0822. The van der Waals surface area contributed by atoms with E-state index >= 15 is 0 Å². The maximum atomic E-state index is 11.2. The second-order valence-electron chi connectivity index (χ2n) is 4.47. The molecule has 0 aromatic carbocycles. The van der Waals surface area contributed by atoms with Crippen LogP contribution in [0.3, 0.4) is 0 Å². The number of hydrogen-bond donors (Lipinski definition) is 2. The van der Waals surface area contributed by atoms with Crippen LogP contribution in [-0.4, -0.2) is 48.7 Å². The van der Waals surface area contributed by atoms with Crippen molar-refractivity contribution in [2.24, 2.45) is 0 Å². The Hall–Kier alpha value is -0.610. The third kappa shape index (κ3) is 4.49. The lowest BCUT2D eigenvalue weighted by Gasteiger charge is -2.33. The van der Waals surface area contributed by atoms with Gasteiger partial charge in [-0.15, -0.1) is 0 Å². The zero-order valence-corrected chi connectivity index (χ0v) is 10.2. The van der Waals surface area contributed by atoms with Gasteiger partial charge in [0.1, 0.15) is 0 Å². The van der Waals surface area contributed by atoms with Crippen LogP contribution in [0.5, 0.6) is 0 Å². The lowest BCUT2D eigenvalue weighted by molar-refractivity contribution is -0.121. The minimum Gasteiger partial charge on any atom is -0.395 e. The Morgan fingerprint density at radius 1 is 1.31 bits per heavy atom. The van der Waals surface area contributed by atoms with Gasteiger partial charge in [0, 0.05) is 32.6 Å². The predicted molar refractivity (Wildman–Crippen MR) is 64.2 cm³/mol. The van der Waals surface area contributed by atoms with Crippen LogP contribution >= 0.6 is 0 Å². The summed E-state index contributed by atoms with van der Waals surface area (Å²) in [6, 6.07) is 0.575. The number of carbonyl (C=O) groups excluding carboxylic acids is 1. The Labute approximate surface area is 98.0 Å². The molecule has 1 aliphatic carbocycles. The van der Waals surface area contributed by atoms with Crippen LogP contribution < -0.4 is 5.32 Å². The van der Waals surface area contributed by atoms with Gasteiger partial charge in [0.2, 0.25) is 5.91 Å². The fourth-order valence-corrected chi connectivity index (χ4v) is 2.42. The lowest BCUT2D eigenvalue weighted by atomic mass is 9.94.